The van der Waals surface area contributed by atoms with E-state index in [0.717, 1.165) is 31.7 Å². The molecule has 92 valence electrons. The van der Waals surface area contributed by atoms with Gasteiger partial charge in [-0.1, -0.05) is 6.92 Å². The van der Waals surface area contributed by atoms with Crippen LogP contribution < -0.4 is 5.73 Å². The monoisotopic (exact) mass is 226 g/mol. The topological polar surface area (TPSA) is 55.6 Å². The summed E-state index contributed by atoms with van der Waals surface area (Å²) in [7, 11) is 0. The van der Waals surface area contributed by atoms with Crippen molar-refractivity contribution in [2.45, 2.75) is 44.6 Å². The Kier molecular flexibility index (Phi) is 3.38. The summed E-state index contributed by atoms with van der Waals surface area (Å²) < 4.78 is 5.13. The summed E-state index contributed by atoms with van der Waals surface area (Å²) in [5, 5.41) is 0. The third kappa shape index (κ3) is 2.03. The van der Waals surface area contributed by atoms with Crippen LogP contribution in [0, 0.1) is 5.92 Å². The first-order chi connectivity index (χ1) is 7.68. The molecule has 1 aliphatic heterocycles. The molecule has 1 amide bonds. The average Bonchev–Trinajstić information content (AvgIpc) is 2.32. The number of cyclic esters (lactones) is 1. The first kappa shape index (κ1) is 11.7. The lowest BCUT2D eigenvalue weighted by Gasteiger charge is -2.47. The highest BCUT2D eigenvalue weighted by molar-refractivity contribution is 5.69. The maximum atomic E-state index is 11.8. The second kappa shape index (κ2) is 4.62. The molecule has 0 atom stereocenters. The molecule has 0 aromatic rings. The Hall–Kier alpha value is -0.770. The van der Waals surface area contributed by atoms with Crippen molar-refractivity contribution < 1.29 is 9.53 Å². The number of hydrogen-bond donors (Lipinski definition) is 1. The molecule has 0 bridgehead atoms. The minimum Gasteiger partial charge on any atom is -0.449 e. The minimum atomic E-state index is -0.161. The van der Waals surface area contributed by atoms with Gasteiger partial charge in [-0.2, -0.15) is 0 Å². The van der Waals surface area contributed by atoms with Gasteiger partial charge < -0.3 is 15.4 Å². The molecule has 2 N–H and O–H groups in total. The summed E-state index contributed by atoms with van der Waals surface area (Å²) in [5.74, 6) is 0.764. The molecule has 1 saturated heterocycles. The van der Waals surface area contributed by atoms with Gasteiger partial charge in [-0.15, -0.1) is 0 Å². The highest BCUT2D eigenvalue weighted by Crippen LogP contribution is 2.36. The van der Waals surface area contributed by atoms with Crippen LogP contribution in [-0.2, 0) is 4.74 Å². The number of nitrogens with two attached hydrogens (primary N) is 1. The van der Waals surface area contributed by atoms with Crippen molar-refractivity contribution in [2.75, 3.05) is 19.7 Å². The molecule has 0 aromatic heterocycles. The second-order valence-electron chi connectivity index (χ2n) is 5.23. The SMILES string of the molecule is CC1CCC(CN)(N2CCCOC2=O)CC1. The smallest absolute Gasteiger partial charge is 0.410 e. The molecular weight excluding hydrogens is 204 g/mol. The van der Waals surface area contributed by atoms with E-state index in [9.17, 15) is 4.79 Å². The molecule has 0 radical (unpaired) electrons. The van der Waals surface area contributed by atoms with Crippen molar-refractivity contribution in [3.8, 4) is 0 Å². The summed E-state index contributed by atoms with van der Waals surface area (Å²) in [5.41, 5.74) is 5.81. The fourth-order valence-corrected chi connectivity index (χ4v) is 2.87. The molecule has 4 nitrogen and oxygen atoms in total. The van der Waals surface area contributed by atoms with Crippen molar-refractivity contribution in [3.05, 3.63) is 0 Å². The van der Waals surface area contributed by atoms with Gasteiger partial charge in [0.05, 0.1) is 12.1 Å². The lowest BCUT2D eigenvalue weighted by molar-refractivity contribution is 0.00126. The van der Waals surface area contributed by atoms with Crippen molar-refractivity contribution in [1.82, 2.24) is 4.90 Å². The summed E-state index contributed by atoms with van der Waals surface area (Å²) >= 11 is 0. The summed E-state index contributed by atoms with van der Waals surface area (Å²) in [4.78, 5) is 13.7. The summed E-state index contributed by atoms with van der Waals surface area (Å²) in [6, 6.07) is 0. The lowest BCUT2D eigenvalue weighted by Crippen LogP contribution is -2.59. The van der Waals surface area contributed by atoms with Crippen LogP contribution in [0.25, 0.3) is 0 Å². The van der Waals surface area contributed by atoms with E-state index in [-0.39, 0.29) is 11.6 Å². The molecule has 1 saturated carbocycles. The van der Waals surface area contributed by atoms with Crippen LogP contribution in [-0.4, -0.2) is 36.2 Å². The largest absolute Gasteiger partial charge is 0.449 e. The van der Waals surface area contributed by atoms with Crippen LogP contribution >= 0.6 is 0 Å². The molecule has 2 fully saturated rings. The molecule has 4 heteroatoms. The maximum absolute atomic E-state index is 11.8. The Morgan fingerprint density at radius 2 is 2.19 bits per heavy atom. The van der Waals surface area contributed by atoms with E-state index in [1.165, 1.54) is 12.8 Å². The number of nitrogens with zero attached hydrogens (tertiary/aromatic N) is 1. The zero-order valence-corrected chi connectivity index (χ0v) is 10.1. The van der Waals surface area contributed by atoms with Crippen molar-refractivity contribution in [2.24, 2.45) is 11.7 Å². The molecular formula is C12H22N2O2. The molecule has 0 unspecified atom stereocenters. The Morgan fingerprint density at radius 3 is 2.75 bits per heavy atom. The number of hydrogen-bond acceptors (Lipinski definition) is 3. The van der Waals surface area contributed by atoms with Crippen LogP contribution in [0.1, 0.15) is 39.0 Å². The van der Waals surface area contributed by atoms with Gasteiger partial charge >= 0.3 is 6.09 Å². The molecule has 0 aromatic carbocycles. The van der Waals surface area contributed by atoms with Gasteiger partial charge in [0.25, 0.3) is 0 Å². The number of rotatable bonds is 2. The van der Waals surface area contributed by atoms with E-state index in [4.69, 9.17) is 10.5 Å². The first-order valence-corrected chi connectivity index (χ1v) is 6.32. The standard InChI is InChI=1S/C12H22N2O2/c1-10-3-5-12(9-13,6-4-10)14-7-2-8-16-11(14)15/h10H,2-9,13H2,1H3. The Bertz CT molecular complexity index is 260. The van der Waals surface area contributed by atoms with Crippen LogP contribution in [0.2, 0.25) is 0 Å². The normalized spacial score (nSPS) is 36.0. The molecule has 1 aliphatic carbocycles. The van der Waals surface area contributed by atoms with E-state index in [2.05, 4.69) is 6.92 Å². The Morgan fingerprint density at radius 1 is 1.50 bits per heavy atom. The van der Waals surface area contributed by atoms with Crippen LogP contribution in [0.15, 0.2) is 0 Å². The van der Waals surface area contributed by atoms with E-state index in [1.807, 2.05) is 4.90 Å². The third-order valence-electron chi connectivity index (χ3n) is 4.13. The zero-order chi connectivity index (χ0) is 11.6. The average molecular weight is 226 g/mol. The number of carbonyl (C=O) groups excluding carboxylic acids is 1. The van der Waals surface area contributed by atoms with Gasteiger partial charge in [-0.05, 0) is 38.0 Å². The number of carbonyl (C=O) groups is 1. The van der Waals surface area contributed by atoms with Crippen molar-refractivity contribution in [1.29, 1.82) is 0 Å². The predicted octanol–water partition coefficient (Wildman–Crippen LogP) is 1.74. The predicted molar refractivity (Wildman–Crippen MR) is 62.1 cm³/mol. The van der Waals surface area contributed by atoms with E-state index in [1.54, 1.807) is 0 Å². The number of ether oxygens (including phenoxy) is 1. The molecule has 16 heavy (non-hydrogen) atoms. The fraction of sp³-hybridized carbons (Fsp3) is 0.917. The summed E-state index contributed by atoms with van der Waals surface area (Å²) in [6.07, 6.45) is 5.16. The van der Waals surface area contributed by atoms with Gasteiger partial charge in [0.1, 0.15) is 0 Å². The lowest BCUT2D eigenvalue weighted by atomic mass is 9.76. The molecule has 0 spiro atoms. The second-order valence-corrected chi connectivity index (χ2v) is 5.23. The van der Waals surface area contributed by atoms with Gasteiger partial charge in [0.2, 0.25) is 0 Å². The van der Waals surface area contributed by atoms with E-state index in [0.29, 0.717) is 13.2 Å². The first-order valence-electron chi connectivity index (χ1n) is 6.32. The molecule has 1 heterocycles. The quantitative estimate of drug-likeness (QED) is 0.780. The van der Waals surface area contributed by atoms with Gasteiger partial charge in [-0.25, -0.2) is 4.79 Å². The van der Waals surface area contributed by atoms with E-state index < -0.39 is 0 Å². The van der Waals surface area contributed by atoms with Gasteiger partial charge in [0, 0.05) is 13.1 Å². The Balaban J connectivity index is 2.10. The summed E-state index contributed by atoms with van der Waals surface area (Å²) in [6.45, 7) is 4.21. The fourth-order valence-electron chi connectivity index (χ4n) is 2.87. The van der Waals surface area contributed by atoms with Crippen molar-refractivity contribution in [3.63, 3.8) is 0 Å². The van der Waals surface area contributed by atoms with Gasteiger partial charge in [0.15, 0.2) is 0 Å². The van der Waals surface area contributed by atoms with E-state index >= 15 is 0 Å². The minimum absolute atomic E-state index is 0.121. The van der Waals surface area contributed by atoms with Gasteiger partial charge in [-0.3, -0.25) is 0 Å². The van der Waals surface area contributed by atoms with Crippen LogP contribution in [0.4, 0.5) is 4.79 Å². The number of amides is 1. The van der Waals surface area contributed by atoms with Crippen LogP contribution in [0.5, 0.6) is 0 Å². The highest BCUT2D eigenvalue weighted by Gasteiger charge is 2.42. The molecule has 2 rings (SSSR count). The highest BCUT2D eigenvalue weighted by atomic mass is 16.6. The maximum Gasteiger partial charge on any atom is 0.410 e. The van der Waals surface area contributed by atoms with Crippen molar-refractivity contribution >= 4 is 6.09 Å². The third-order valence-corrected chi connectivity index (χ3v) is 4.13. The van der Waals surface area contributed by atoms with Crippen LogP contribution in [0.3, 0.4) is 0 Å². The zero-order valence-electron chi connectivity index (χ0n) is 10.1. The Labute approximate surface area is 97.1 Å². The molecule has 2 aliphatic rings.